The molecular weight excluding hydrogens is 216 g/mol. The number of amides is 1. The molecule has 0 saturated carbocycles. The molecule has 0 aromatic heterocycles. The summed E-state index contributed by atoms with van der Waals surface area (Å²) < 4.78 is 0. The fourth-order valence-corrected chi connectivity index (χ4v) is 2.29. The number of carbonyl (C=O) groups is 2. The third kappa shape index (κ3) is 5.82. The Morgan fingerprint density at radius 1 is 1.35 bits per heavy atom. The lowest BCUT2D eigenvalue weighted by Gasteiger charge is -2.33. The maximum atomic E-state index is 11.2. The van der Waals surface area contributed by atoms with Crippen LogP contribution >= 0.6 is 0 Å². The van der Waals surface area contributed by atoms with Crippen LogP contribution in [0.5, 0.6) is 0 Å². The van der Waals surface area contributed by atoms with E-state index < -0.39 is 0 Å². The molecule has 1 aliphatic rings. The summed E-state index contributed by atoms with van der Waals surface area (Å²) in [7, 11) is 0. The SMILES string of the molecule is CC(=O)CC(=O)NCCCN1CCCCC1C. The second-order valence-corrected chi connectivity index (χ2v) is 4.96. The maximum absolute atomic E-state index is 11.2. The Morgan fingerprint density at radius 2 is 2.12 bits per heavy atom. The van der Waals surface area contributed by atoms with Crippen LogP contribution in [0.4, 0.5) is 0 Å². The van der Waals surface area contributed by atoms with Gasteiger partial charge in [0.2, 0.25) is 5.91 Å². The minimum atomic E-state index is -0.149. The molecule has 1 N–H and O–H groups in total. The van der Waals surface area contributed by atoms with E-state index in [-0.39, 0.29) is 18.1 Å². The highest BCUT2D eigenvalue weighted by molar-refractivity contribution is 5.96. The van der Waals surface area contributed by atoms with Crippen LogP contribution in [-0.2, 0) is 9.59 Å². The molecule has 0 aromatic rings. The van der Waals surface area contributed by atoms with Crippen molar-refractivity contribution in [2.24, 2.45) is 0 Å². The van der Waals surface area contributed by atoms with Gasteiger partial charge in [-0.1, -0.05) is 6.42 Å². The van der Waals surface area contributed by atoms with Crippen molar-refractivity contribution in [3.63, 3.8) is 0 Å². The van der Waals surface area contributed by atoms with Gasteiger partial charge in [-0.15, -0.1) is 0 Å². The second-order valence-electron chi connectivity index (χ2n) is 4.96. The average molecular weight is 240 g/mol. The largest absolute Gasteiger partial charge is 0.356 e. The summed E-state index contributed by atoms with van der Waals surface area (Å²) in [6, 6.07) is 0.677. The number of carbonyl (C=O) groups excluding carboxylic acids is 2. The number of nitrogens with zero attached hydrogens (tertiary/aromatic N) is 1. The van der Waals surface area contributed by atoms with Gasteiger partial charge in [-0.05, 0) is 39.7 Å². The van der Waals surface area contributed by atoms with Crippen LogP contribution in [0.3, 0.4) is 0 Å². The molecule has 1 rings (SSSR count). The molecule has 1 aliphatic heterocycles. The molecule has 1 saturated heterocycles. The van der Waals surface area contributed by atoms with Crippen LogP contribution in [0.15, 0.2) is 0 Å². The quantitative estimate of drug-likeness (QED) is 0.563. The third-order valence-corrected chi connectivity index (χ3v) is 3.29. The topological polar surface area (TPSA) is 49.4 Å². The Labute approximate surface area is 104 Å². The van der Waals surface area contributed by atoms with E-state index >= 15 is 0 Å². The molecule has 0 radical (unpaired) electrons. The van der Waals surface area contributed by atoms with E-state index in [1.54, 1.807) is 0 Å². The molecule has 0 aliphatic carbocycles. The average Bonchev–Trinajstić information content (AvgIpc) is 2.25. The van der Waals surface area contributed by atoms with Crippen molar-refractivity contribution in [1.29, 1.82) is 0 Å². The first-order valence-corrected chi connectivity index (χ1v) is 6.60. The van der Waals surface area contributed by atoms with E-state index in [2.05, 4.69) is 17.1 Å². The lowest BCUT2D eigenvalue weighted by Crippen LogP contribution is -2.39. The predicted octanol–water partition coefficient (Wildman–Crippen LogP) is 1.35. The van der Waals surface area contributed by atoms with Gasteiger partial charge in [0.25, 0.3) is 0 Å². The number of Topliss-reactive ketones (excluding diaryl/α,β-unsaturated/α-hetero) is 1. The lowest BCUT2D eigenvalue weighted by atomic mass is 10.0. The van der Waals surface area contributed by atoms with E-state index in [1.807, 2.05) is 0 Å². The van der Waals surface area contributed by atoms with E-state index in [1.165, 1.54) is 32.7 Å². The first-order valence-electron chi connectivity index (χ1n) is 6.60. The molecule has 0 aromatic carbocycles. The number of hydrogen-bond donors (Lipinski definition) is 1. The van der Waals surface area contributed by atoms with Gasteiger partial charge >= 0.3 is 0 Å². The Morgan fingerprint density at radius 3 is 2.76 bits per heavy atom. The van der Waals surface area contributed by atoms with Crippen molar-refractivity contribution in [2.75, 3.05) is 19.6 Å². The van der Waals surface area contributed by atoms with Gasteiger partial charge in [0.05, 0.1) is 6.42 Å². The predicted molar refractivity (Wildman–Crippen MR) is 67.8 cm³/mol. The van der Waals surface area contributed by atoms with Crippen LogP contribution in [-0.4, -0.2) is 42.3 Å². The van der Waals surface area contributed by atoms with E-state index in [4.69, 9.17) is 0 Å². The van der Waals surface area contributed by atoms with Crippen molar-refractivity contribution in [3.8, 4) is 0 Å². The Bertz CT molecular complexity index is 266. The summed E-state index contributed by atoms with van der Waals surface area (Å²) in [4.78, 5) is 24.4. The molecule has 1 atom stereocenters. The van der Waals surface area contributed by atoms with Gasteiger partial charge in [0.1, 0.15) is 5.78 Å². The number of rotatable bonds is 6. The Balaban J connectivity index is 2.07. The summed E-state index contributed by atoms with van der Waals surface area (Å²) in [5.74, 6) is -0.226. The zero-order valence-electron chi connectivity index (χ0n) is 11.0. The molecule has 4 nitrogen and oxygen atoms in total. The molecular formula is C13H24N2O2. The summed E-state index contributed by atoms with van der Waals surface area (Å²) in [5, 5.41) is 2.78. The van der Waals surface area contributed by atoms with E-state index in [0.717, 1.165) is 13.0 Å². The minimum Gasteiger partial charge on any atom is -0.356 e. The highest BCUT2D eigenvalue weighted by Gasteiger charge is 2.17. The number of nitrogens with one attached hydrogen (secondary N) is 1. The molecule has 0 bridgehead atoms. The van der Waals surface area contributed by atoms with Crippen LogP contribution in [0.2, 0.25) is 0 Å². The molecule has 1 fully saturated rings. The van der Waals surface area contributed by atoms with Crippen LogP contribution in [0.1, 0.15) is 46.0 Å². The maximum Gasteiger partial charge on any atom is 0.227 e. The minimum absolute atomic E-state index is 0.0140. The van der Waals surface area contributed by atoms with Gasteiger partial charge < -0.3 is 10.2 Å². The third-order valence-electron chi connectivity index (χ3n) is 3.29. The number of ketones is 1. The van der Waals surface area contributed by atoms with E-state index in [0.29, 0.717) is 12.6 Å². The normalized spacial score (nSPS) is 21.2. The molecule has 1 amide bonds. The number of hydrogen-bond acceptors (Lipinski definition) is 3. The van der Waals surface area contributed by atoms with Crippen LogP contribution in [0, 0.1) is 0 Å². The molecule has 17 heavy (non-hydrogen) atoms. The van der Waals surface area contributed by atoms with Crippen molar-refractivity contribution >= 4 is 11.7 Å². The van der Waals surface area contributed by atoms with Crippen molar-refractivity contribution < 1.29 is 9.59 Å². The fourth-order valence-electron chi connectivity index (χ4n) is 2.29. The lowest BCUT2D eigenvalue weighted by molar-refractivity contribution is -0.127. The molecule has 1 heterocycles. The fraction of sp³-hybridized carbons (Fsp3) is 0.846. The van der Waals surface area contributed by atoms with Gasteiger partial charge in [0.15, 0.2) is 0 Å². The monoisotopic (exact) mass is 240 g/mol. The molecule has 1 unspecified atom stereocenters. The molecule has 0 spiro atoms. The number of likely N-dealkylation sites (tertiary alicyclic amines) is 1. The molecule has 4 heteroatoms. The zero-order valence-corrected chi connectivity index (χ0v) is 11.0. The second kappa shape index (κ2) is 7.43. The smallest absolute Gasteiger partial charge is 0.227 e. The standard InChI is InChI=1S/C13H24N2O2/c1-11-6-3-4-8-15(11)9-5-7-14-13(17)10-12(2)16/h11H,3-10H2,1-2H3,(H,14,17). The van der Waals surface area contributed by atoms with E-state index in [9.17, 15) is 9.59 Å². The first-order chi connectivity index (χ1) is 8.09. The van der Waals surface area contributed by atoms with Gasteiger partial charge in [-0.3, -0.25) is 9.59 Å². The highest BCUT2D eigenvalue weighted by Crippen LogP contribution is 2.15. The van der Waals surface area contributed by atoms with Gasteiger partial charge in [-0.2, -0.15) is 0 Å². The Kier molecular flexibility index (Phi) is 6.19. The van der Waals surface area contributed by atoms with Crippen LogP contribution in [0.25, 0.3) is 0 Å². The van der Waals surface area contributed by atoms with Crippen molar-refractivity contribution in [1.82, 2.24) is 10.2 Å². The summed E-state index contributed by atoms with van der Waals surface area (Å²) in [6.45, 7) is 6.61. The van der Waals surface area contributed by atoms with Crippen LogP contribution < -0.4 is 5.32 Å². The summed E-state index contributed by atoms with van der Waals surface area (Å²) >= 11 is 0. The first kappa shape index (κ1) is 14.2. The van der Waals surface area contributed by atoms with Crippen molar-refractivity contribution in [3.05, 3.63) is 0 Å². The Hall–Kier alpha value is -0.900. The summed E-state index contributed by atoms with van der Waals surface area (Å²) in [6.07, 6.45) is 4.90. The zero-order chi connectivity index (χ0) is 12.7. The van der Waals surface area contributed by atoms with Crippen molar-refractivity contribution in [2.45, 2.75) is 52.0 Å². The van der Waals surface area contributed by atoms with Gasteiger partial charge in [-0.25, -0.2) is 0 Å². The molecule has 98 valence electrons. The summed E-state index contributed by atoms with van der Waals surface area (Å²) in [5.41, 5.74) is 0. The number of piperidine rings is 1. The highest BCUT2D eigenvalue weighted by atomic mass is 16.2. The van der Waals surface area contributed by atoms with Gasteiger partial charge in [0, 0.05) is 19.1 Å².